The second-order valence-electron chi connectivity index (χ2n) is 5.99. The van der Waals surface area contributed by atoms with Gasteiger partial charge in [0.2, 0.25) is 11.8 Å². The van der Waals surface area contributed by atoms with Gasteiger partial charge in [0.1, 0.15) is 0 Å². The number of fused-ring (bicyclic) bond motifs is 2. The van der Waals surface area contributed by atoms with Crippen LogP contribution in [0.3, 0.4) is 0 Å². The van der Waals surface area contributed by atoms with Crippen molar-refractivity contribution in [3.8, 4) is 0 Å². The molecular weight excluding hydrogens is 260 g/mol. The van der Waals surface area contributed by atoms with E-state index in [4.69, 9.17) is 11.6 Å². The van der Waals surface area contributed by atoms with Crippen molar-refractivity contribution < 1.29 is 13.6 Å². The van der Waals surface area contributed by atoms with Crippen molar-refractivity contribution in [2.75, 3.05) is 0 Å². The molecule has 3 aliphatic rings. The number of hydrogen-bond donors (Lipinski definition) is 0. The molecular formula is C13H18ClF2NO. The summed E-state index contributed by atoms with van der Waals surface area (Å²) in [6, 6.07) is 0.404. The Bertz CT molecular complexity index is 349. The first-order valence-corrected chi connectivity index (χ1v) is 7.24. The predicted octanol–water partition coefficient (Wildman–Crippen LogP) is 3.18. The Morgan fingerprint density at radius 1 is 1.17 bits per heavy atom. The summed E-state index contributed by atoms with van der Waals surface area (Å²) >= 11 is 6.16. The Morgan fingerprint density at radius 2 is 1.78 bits per heavy atom. The lowest BCUT2D eigenvalue weighted by Crippen LogP contribution is -2.49. The third-order valence-corrected chi connectivity index (χ3v) is 5.04. The number of alkyl halides is 3. The summed E-state index contributed by atoms with van der Waals surface area (Å²) in [7, 11) is 0. The van der Waals surface area contributed by atoms with Gasteiger partial charge in [-0.15, -0.1) is 11.6 Å². The molecule has 1 aliphatic carbocycles. The molecule has 1 amide bonds. The van der Waals surface area contributed by atoms with Crippen LogP contribution in [0.25, 0.3) is 0 Å². The number of amides is 1. The molecule has 2 bridgehead atoms. The summed E-state index contributed by atoms with van der Waals surface area (Å²) in [5.41, 5.74) is 0. The zero-order chi connectivity index (χ0) is 12.9. The lowest BCUT2D eigenvalue weighted by molar-refractivity contribution is -0.140. The minimum Gasteiger partial charge on any atom is -0.336 e. The first-order valence-electron chi connectivity index (χ1n) is 6.80. The molecule has 3 fully saturated rings. The van der Waals surface area contributed by atoms with Gasteiger partial charge in [-0.3, -0.25) is 4.79 Å². The van der Waals surface area contributed by atoms with Gasteiger partial charge in [0.25, 0.3) is 0 Å². The number of carbonyl (C=O) groups is 1. The van der Waals surface area contributed by atoms with Crippen LogP contribution in [0.1, 0.15) is 44.9 Å². The van der Waals surface area contributed by atoms with E-state index < -0.39 is 11.8 Å². The summed E-state index contributed by atoms with van der Waals surface area (Å²) in [4.78, 5) is 14.3. The molecule has 3 rings (SSSR count). The topological polar surface area (TPSA) is 20.3 Å². The molecule has 3 unspecified atom stereocenters. The number of rotatable bonds is 1. The van der Waals surface area contributed by atoms with Crippen LogP contribution in [-0.2, 0) is 4.79 Å². The third kappa shape index (κ3) is 2.13. The molecule has 1 saturated carbocycles. The third-order valence-electron chi connectivity index (χ3n) is 4.68. The molecule has 0 aromatic rings. The van der Waals surface area contributed by atoms with E-state index >= 15 is 0 Å². The lowest BCUT2D eigenvalue weighted by atomic mass is 9.98. The molecule has 0 spiro atoms. The highest BCUT2D eigenvalue weighted by Crippen LogP contribution is 2.44. The van der Waals surface area contributed by atoms with Crippen molar-refractivity contribution in [1.82, 2.24) is 4.90 Å². The molecule has 2 nitrogen and oxygen atoms in total. The Labute approximate surface area is 111 Å². The Hall–Kier alpha value is -0.380. The van der Waals surface area contributed by atoms with Gasteiger partial charge in [-0.25, -0.2) is 8.78 Å². The summed E-state index contributed by atoms with van der Waals surface area (Å²) in [5.74, 6) is -3.14. The van der Waals surface area contributed by atoms with Crippen LogP contribution in [0.5, 0.6) is 0 Å². The molecule has 0 aromatic carbocycles. The van der Waals surface area contributed by atoms with Gasteiger partial charge in [0.15, 0.2) is 0 Å². The van der Waals surface area contributed by atoms with Gasteiger partial charge >= 0.3 is 0 Å². The van der Waals surface area contributed by atoms with E-state index in [2.05, 4.69) is 0 Å². The fourth-order valence-corrected chi connectivity index (χ4v) is 4.25. The van der Waals surface area contributed by atoms with Crippen LogP contribution in [0.2, 0.25) is 0 Å². The largest absolute Gasteiger partial charge is 0.336 e. The van der Waals surface area contributed by atoms with E-state index in [0.717, 1.165) is 25.7 Å². The standard InChI is InChI=1S/C13H18ClF2NO/c14-9-5-10-1-2-11(6-9)17(10)12(18)8-3-4-13(15,16)7-8/h8-11H,1-7H2. The fraction of sp³-hybridized carbons (Fsp3) is 0.923. The van der Waals surface area contributed by atoms with Gasteiger partial charge in [-0.2, -0.15) is 0 Å². The first-order chi connectivity index (χ1) is 8.46. The predicted molar refractivity (Wildman–Crippen MR) is 64.8 cm³/mol. The Balaban J connectivity index is 1.71. The monoisotopic (exact) mass is 277 g/mol. The van der Waals surface area contributed by atoms with E-state index in [-0.39, 0.29) is 36.2 Å². The molecule has 2 heterocycles. The highest BCUT2D eigenvalue weighted by atomic mass is 35.5. The van der Waals surface area contributed by atoms with Crippen LogP contribution in [0.4, 0.5) is 8.78 Å². The molecule has 5 heteroatoms. The quantitative estimate of drug-likeness (QED) is 0.674. The molecule has 0 N–H and O–H groups in total. The van der Waals surface area contributed by atoms with Crippen LogP contribution < -0.4 is 0 Å². The molecule has 0 aromatic heterocycles. The summed E-state index contributed by atoms with van der Waals surface area (Å²) < 4.78 is 26.4. The molecule has 2 saturated heterocycles. The second kappa shape index (κ2) is 4.32. The van der Waals surface area contributed by atoms with Gasteiger partial charge in [0.05, 0.1) is 0 Å². The normalized spacial score (nSPS) is 42.3. The summed E-state index contributed by atoms with van der Waals surface area (Å²) in [6.45, 7) is 0. The number of carbonyl (C=O) groups excluding carboxylic acids is 1. The lowest BCUT2D eigenvalue weighted by Gasteiger charge is -2.38. The van der Waals surface area contributed by atoms with E-state index in [1.54, 1.807) is 0 Å². The minimum absolute atomic E-state index is 0.0387. The summed E-state index contributed by atoms with van der Waals surface area (Å²) in [6.07, 6.45) is 3.58. The average molecular weight is 278 g/mol. The van der Waals surface area contributed by atoms with Crippen LogP contribution in [-0.4, -0.2) is 34.2 Å². The van der Waals surface area contributed by atoms with Crippen molar-refractivity contribution in [2.24, 2.45) is 5.92 Å². The highest BCUT2D eigenvalue weighted by molar-refractivity contribution is 6.20. The van der Waals surface area contributed by atoms with Crippen molar-refractivity contribution >= 4 is 17.5 Å². The van der Waals surface area contributed by atoms with Crippen LogP contribution in [0.15, 0.2) is 0 Å². The molecule has 3 atom stereocenters. The van der Waals surface area contributed by atoms with Crippen molar-refractivity contribution in [2.45, 2.75) is 68.3 Å². The number of nitrogens with zero attached hydrogens (tertiary/aromatic N) is 1. The Morgan fingerprint density at radius 3 is 2.28 bits per heavy atom. The van der Waals surface area contributed by atoms with Gasteiger partial charge in [0, 0.05) is 36.2 Å². The first kappa shape index (κ1) is 12.6. The maximum absolute atomic E-state index is 13.2. The van der Waals surface area contributed by atoms with Crippen molar-refractivity contribution in [3.05, 3.63) is 0 Å². The van der Waals surface area contributed by atoms with Gasteiger partial charge in [-0.05, 0) is 32.1 Å². The maximum atomic E-state index is 13.2. The SMILES string of the molecule is O=C(C1CCC(F)(F)C1)N1C2CCC1CC(Cl)C2. The van der Waals surface area contributed by atoms with E-state index in [1.807, 2.05) is 4.90 Å². The zero-order valence-corrected chi connectivity index (χ0v) is 11.0. The number of hydrogen-bond acceptors (Lipinski definition) is 1. The molecule has 102 valence electrons. The maximum Gasteiger partial charge on any atom is 0.248 e. The second-order valence-corrected chi connectivity index (χ2v) is 6.61. The molecule has 2 aliphatic heterocycles. The highest BCUT2D eigenvalue weighted by Gasteiger charge is 2.49. The van der Waals surface area contributed by atoms with Crippen LogP contribution in [0, 0.1) is 5.92 Å². The number of piperidine rings is 1. The van der Waals surface area contributed by atoms with Gasteiger partial charge < -0.3 is 4.90 Å². The Kier molecular flexibility index (Phi) is 3.04. The summed E-state index contributed by atoms with van der Waals surface area (Å²) in [5, 5.41) is 0.150. The minimum atomic E-state index is -2.63. The fourth-order valence-electron chi connectivity index (χ4n) is 3.84. The molecule has 0 radical (unpaired) electrons. The molecule has 18 heavy (non-hydrogen) atoms. The van der Waals surface area contributed by atoms with E-state index in [0.29, 0.717) is 6.42 Å². The average Bonchev–Trinajstić information content (AvgIpc) is 2.77. The zero-order valence-electron chi connectivity index (χ0n) is 10.2. The van der Waals surface area contributed by atoms with Crippen LogP contribution >= 0.6 is 11.6 Å². The number of halogens is 3. The van der Waals surface area contributed by atoms with E-state index in [9.17, 15) is 13.6 Å². The van der Waals surface area contributed by atoms with Crippen molar-refractivity contribution in [1.29, 1.82) is 0 Å². The van der Waals surface area contributed by atoms with Crippen molar-refractivity contribution in [3.63, 3.8) is 0 Å². The smallest absolute Gasteiger partial charge is 0.248 e. The van der Waals surface area contributed by atoms with E-state index in [1.165, 1.54) is 0 Å². The van der Waals surface area contributed by atoms with Gasteiger partial charge in [-0.1, -0.05) is 0 Å².